The van der Waals surface area contributed by atoms with Crippen LogP contribution in [-0.2, 0) is 26.2 Å². The van der Waals surface area contributed by atoms with Crippen LogP contribution in [0.5, 0.6) is 11.5 Å². The first-order valence-electron chi connectivity index (χ1n) is 15.7. The van der Waals surface area contributed by atoms with Gasteiger partial charge in [0.05, 0.1) is 10.6 Å². The Bertz CT molecular complexity index is 1670. The second kappa shape index (κ2) is 16.1. The van der Waals surface area contributed by atoms with Crippen molar-refractivity contribution >= 4 is 27.5 Å². The number of unbranched alkanes of at least 4 members (excludes halogenated alkanes) is 1. The van der Waals surface area contributed by atoms with Gasteiger partial charge in [0.2, 0.25) is 11.8 Å². The van der Waals surface area contributed by atoms with E-state index in [4.69, 9.17) is 4.74 Å². The lowest BCUT2D eigenvalue weighted by atomic mass is 10.1. The van der Waals surface area contributed by atoms with Crippen LogP contribution in [0.15, 0.2) is 108 Å². The molecule has 0 aromatic heterocycles. The van der Waals surface area contributed by atoms with Crippen LogP contribution in [0, 0.1) is 13.8 Å². The number of ether oxygens (including phenoxy) is 1. The summed E-state index contributed by atoms with van der Waals surface area (Å²) in [6.07, 6.45) is 2.11. The quantitative estimate of drug-likeness (QED) is 0.141. The molecule has 0 aliphatic carbocycles. The van der Waals surface area contributed by atoms with Crippen molar-refractivity contribution in [2.45, 2.75) is 64.4 Å². The van der Waals surface area contributed by atoms with Crippen LogP contribution in [0.2, 0.25) is 0 Å². The van der Waals surface area contributed by atoms with E-state index in [9.17, 15) is 18.0 Å². The summed E-state index contributed by atoms with van der Waals surface area (Å²) in [5, 5.41) is 2.96. The van der Waals surface area contributed by atoms with E-state index in [1.54, 1.807) is 36.4 Å². The molecule has 1 atom stereocenters. The van der Waals surface area contributed by atoms with Gasteiger partial charge in [-0.3, -0.25) is 13.9 Å². The SMILES string of the molecule is CCCCNC(=O)C(CC)N(Cc1ccc(C)cc1)C(=O)CN(c1ccc(Oc2ccccc2)cc1)S(=O)(=O)c1ccc(C)cc1. The predicted octanol–water partition coefficient (Wildman–Crippen LogP) is 7.01. The molecule has 0 saturated heterocycles. The number of amides is 2. The largest absolute Gasteiger partial charge is 0.457 e. The van der Waals surface area contributed by atoms with Crippen molar-refractivity contribution in [3.8, 4) is 11.5 Å². The van der Waals surface area contributed by atoms with E-state index >= 15 is 0 Å². The van der Waals surface area contributed by atoms with E-state index in [0.29, 0.717) is 30.2 Å². The number of anilines is 1. The highest BCUT2D eigenvalue weighted by Gasteiger charge is 2.33. The molecule has 2 amide bonds. The molecule has 0 spiro atoms. The van der Waals surface area contributed by atoms with Gasteiger partial charge in [-0.15, -0.1) is 0 Å². The monoisotopic (exact) mass is 641 g/mol. The Morgan fingerprint density at radius 1 is 0.783 bits per heavy atom. The molecule has 4 rings (SSSR count). The van der Waals surface area contributed by atoms with Gasteiger partial charge in [-0.1, -0.05) is 86.0 Å². The maximum Gasteiger partial charge on any atom is 0.264 e. The molecule has 0 aliphatic rings. The van der Waals surface area contributed by atoms with Gasteiger partial charge in [-0.05, 0) is 80.8 Å². The Morgan fingerprint density at radius 3 is 1.96 bits per heavy atom. The van der Waals surface area contributed by atoms with Gasteiger partial charge < -0.3 is 15.0 Å². The summed E-state index contributed by atoms with van der Waals surface area (Å²) in [7, 11) is -4.18. The van der Waals surface area contributed by atoms with Gasteiger partial charge in [0.25, 0.3) is 10.0 Å². The Labute approximate surface area is 273 Å². The summed E-state index contributed by atoms with van der Waals surface area (Å²) in [4.78, 5) is 29.2. The molecule has 4 aromatic carbocycles. The Balaban J connectivity index is 1.70. The van der Waals surface area contributed by atoms with Crippen LogP contribution < -0.4 is 14.4 Å². The number of carbonyl (C=O) groups excluding carboxylic acids is 2. The third-order valence-corrected chi connectivity index (χ3v) is 9.47. The molecule has 242 valence electrons. The highest BCUT2D eigenvalue weighted by atomic mass is 32.2. The third-order valence-electron chi connectivity index (χ3n) is 7.68. The first-order valence-corrected chi connectivity index (χ1v) is 17.1. The van der Waals surface area contributed by atoms with Crippen LogP contribution in [-0.4, -0.2) is 44.3 Å². The fourth-order valence-electron chi connectivity index (χ4n) is 4.99. The van der Waals surface area contributed by atoms with Gasteiger partial charge in [-0.25, -0.2) is 8.42 Å². The fraction of sp³-hybridized carbons (Fsp3) is 0.297. The maximum atomic E-state index is 14.3. The summed E-state index contributed by atoms with van der Waals surface area (Å²) >= 11 is 0. The summed E-state index contributed by atoms with van der Waals surface area (Å²) in [6, 6.07) is 29.3. The van der Waals surface area contributed by atoms with E-state index in [0.717, 1.165) is 33.8 Å². The average Bonchev–Trinajstić information content (AvgIpc) is 3.05. The standard InChI is InChI=1S/C37H43N3O5S/c1-5-7-25-38-37(42)35(6-2)39(26-30-17-13-28(3)14-18-30)36(41)27-40(46(43,44)34-23-15-29(4)16-24-34)31-19-21-33(22-20-31)45-32-11-9-8-10-12-32/h8-24,35H,5-7,25-27H2,1-4H3,(H,38,42). The van der Waals surface area contributed by atoms with Crippen molar-refractivity contribution in [2.24, 2.45) is 0 Å². The van der Waals surface area contributed by atoms with Crippen LogP contribution >= 0.6 is 0 Å². The van der Waals surface area contributed by atoms with Crippen LogP contribution in [0.4, 0.5) is 5.69 Å². The normalized spacial score (nSPS) is 11.8. The number of hydrogen-bond donors (Lipinski definition) is 1. The van der Waals surface area contributed by atoms with E-state index in [2.05, 4.69) is 5.32 Å². The molecule has 0 fully saturated rings. The lowest BCUT2D eigenvalue weighted by Gasteiger charge is -2.33. The third kappa shape index (κ3) is 8.97. The number of rotatable bonds is 15. The molecule has 0 radical (unpaired) electrons. The highest BCUT2D eigenvalue weighted by Crippen LogP contribution is 2.29. The van der Waals surface area contributed by atoms with Crippen molar-refractivity contribution in [2.75, 3.05) is 17.4 Å². The molecule has 46 heavy (non-hydrogen) atoms. The van der Waals surface area contributed by atoms with Gasteiger partial charge in [-0.2, -0.15) is 0 Å². The molecular weight excluding hydrogens is 598 g/mol. The molecular formula is C37H43N3O5S. The Hall–Kier alpha value is -4.63. The fourth-order valence-corrected chi connectivity index (χ4v) is 6.40. The minimum absolute atomic E-state index is 0.0601. The number of aryl methyl sites for hydroxylation is 2. The minimum atomic E-state index is -4.18. The van der Waals surface area contributed by atoms with Crippen molar-refractivity contribution in [3.63, 3.8) is 0 Å². The lowest BCUT2D eigenvalue weighted by molar-refractivity contribution is -0.140. The van der Waals surface area contributed by atoms with Crippen molar-refractivity contribution < 1.29 is 22.7 Å². The molecule has 1 N–H and O–H groups in total. The second-order valence-corrected chi connectivity index (χ2v) is 13.2. The number of hydrogen-bond acceptors (Lipinski definition) is 5. The highest BCUT2D eigenvalue weighted by molar-refractivity contribution is 7.92. The molecule has 8 nitrogen and oxygen atoms in total. The first kappa shape index (κ1) is 34.2. The summed E-state index contributed by atoms with van der Waals surface area (Å²) in [5.74, 6) is 0.416. The van der Waals surface area contributed by atoms with Crippen LogP contribution in [0.1, 0.15) is 49.8 Å². The molecule has 0 heterocycles. The zero-order valence-electron chi connectivity index (χ0n) is 27.0. The number of sulfonamides is 1. The summed E-state index contributed by atoms with van der Waals surface area (Å²) in [6.45, 7) is 7.91. The zero-order chi connectivity index (χ0) is 33.1. The topological polar surface area (TPSA) is 96.0 Å². The number of nitrogens with zero attached hydrogens (tertiary/aromatic N) is 2. The van der Waals surface area contributed by atoms with E-state index in [1.165, 1.54) is 17.0 Å². The number of nitrogens with one attached hydrogen (secondary N) is 1. The van der Waals surface area contributed by atoms with Gasteiger partial charge in [0.15, 0.2) is 0 Å². The Kier molecular flexibility index (Phi) is 12.0. The van der Waals surface area contributed by atoms with Crippen molar-refractivity contribution in [3.05, 3.63) is 120 Å². The molecule has 0 bridgehead atoms. The average molecular weight is 642 g/mol. The number of para-hydroxylation sites is 1. The van der Waals surface area contributed by atoms with Gasteiger partial charge >= 0.3 is 0 Å². The lowest BCUT2D eigenvalue weighted by Crippen LogP contribution is -2.52. The van der Waals surface area contributed by atoms with Gasteiger partial charge in [0, 0.05) is 13.1 Å². The molecule has 0 saturated carbocycles. The Morgan fingerprint density at radius 2 is 1.37 bits per heavy atom. The molecule has 4 aromatic rings. The van der Waals surface area contributed by atoms with Crippen LogP contribution in [0.25, 0.3) is 0 Å². The predicted molar refractivity (Wildman–Crippen MR) is 182 cm³/mol. The molecule has 1 unspecified atom stereocenters. The van der Waals surface area contributed by atoms with Crippen molar-refractivity contribution in [1.29, 1.82) is 0 Å². The first-order chi connectivity index (χ1) is 22.1. The van der Waals surface area contributed by atoms with E-state index in [-0.39, 0.29) is 17.3 Å². The van der Waals surface area contributed by atoms with E-state index < -0.39 is 28.5 Å². The number of carbonyl (C=O) groups is 2. The van der Waals surface area contributed by atoms with Crippen LogP contribution in [0.3, 0.4) is 0 Å². The number of benzene rings is 4. The minimum Gasteiger partial charge on any atom is -0.457 e. The summed E-state index contributed by atoms with van der Waals surface area (Å²) in [5.41, 5.74) is 3.12. The molecule has 0 aliphatic heterocycles. The zero-order valence-corrected chi connectivity index (χ0v) is 27.8. The summed E-state index contributed by atoms with van der Waals surface area (Å²) < 4.78 is 35.4. The smallest absolute Gasteiger partial charge is 0.264 e. The van der Waals surface area contributed by atoms with Crippen molar-refractivity contribution in [1.82, 2.24) is 10.2 Å². The molecule has 9 heteroatoms. The van der Waals surface area contributed by atoms with Gasteiger partial charge in [0.1, 0.15) is 24.1 Å². The van der Waals surface area contributed by atoms with E-state index in [1.807, 2.05) is 82.3 Å². The second-order valence-electron chi connectivity index (χ2n) is 11.3. The maximum absolute atomic E-state index is 14.3.